The molecule has 0 fully saturated rings. The maximum atomic E-state index is 15.0. The maximum Gasteiger partial charge on any atom is 0.194 e. The van der Waals surface area contributed by atoms with Crippen LogP contribution in [0.3, 0.4) is 0 Å². The summed E-state index contributed by atoms with van der Waals surface area (Å²) in [4.78, 5) is 16.6. The molecule has 8 heteroatoms. The van der Waals surface area contributed by atoms with Crippen molar-refractivity contribution >= 4 is 22.3 Å². The number of hydrogen-bond donors (Lipinski definition) is 2. The zero-order valence-electron chi connectivity index (χ0n) is 15.3. The van der Waals surface area contributed by atoms with E-state index in [4.69, 9.17) is 10.5 Å². The Hall–Kier alpha value is -3.03. The number of rotatable bonds is 5. The van der Waals surface area contributed by atoms with Crippen LogP contribution in [-0.2, 0) is 6.54 Å². The van der Waals surface area contributed by atoms with Crippen molar-refractivity contribution in [3.05, 3.63) is 46.5 Å². The Labute approximate surface area is 155 Å². The number of nitrogens with one attached hydrogen (secondary N) is 1. The smallest absolute Gasteiger partial charge is 0.194 e. The zero-order valence-corrected chi connectivity index (χ0v) is 15.3. The molecule has 1 aromatic carbocycles. The number of pyridine rings is 1. The van der Waals surface area contributed by atoms with Crippen LogP contribution in [-0.4, -0.2) is 27.3 Å². The van der Waals surface area contributed by atoms with Gasteiger partial charge in [0.2, 0.25) is 0 Å². The van der Waals surface area contributed by atoms with Gasteiger partial charge >= 0.3 is 0 Å². The molecule has 1 atom stereocenters. The third-order valence-corrected chi connectivity index (χ3v) is 4.98. The van der Waals surface area contributed by atoms with Crippen LogP contribution in [0.25, 0.3) is 10.9 Å². The number of nitrogens with zero attached hydrogens (tertiary/aromatic N) is 3. The first-order chi connectivity index (χ1) is 13.0. The monoisotopic (exact) mass is 371 g/mol. The number of nitrogen functional groups attached to an aromatic ring is 1. The van der Waals surface area contributed by atoms with E-state index in [2.05, 4.69) is 10.3 Å². The Kier molecular flexibility index (Phi) is 4.25. The lowest BCUT2D eigenvalue weighted by atomic mass is 10.0. The van der Waals surface area contributed by atoms with Gasteiger partial charge in [0.15, 0.2) is 17.0 Å². The van der Waals surface area contributed by atoms with Gasteiger partial charge in [-0.15, -0.1) is 0 Å². The van der Waals surface area contributed by atoms with Gasteiger partial charge in [0.05, 0.1) is 29.0 Å². The third-order valence-electron chi connectivity index (χ3n) is 4.98. The molecule has 27 heavy (non-hydrogen) atoms. The average molecular weight is 371 g/mol. The maximum absolute atomic E-state index is 15.0. The molecule has 0 spiro atoms. The van der Waals surface area contributed by atoms with Crippen LogP contribution in [0.5, 0.6) is 5.75 Å². The van der Waals surface area contributed by atoms with Gasteiger partial charge in [-0.3, -0.25) is 4.79 Å². The molecule has 0 amide bonds. The molecular formula is C19H22FN5O2. The van der Waals surface area contributed by atoms with E-state index in [0.717, 1.165) is 13.0 Å². The van der Waals surface area contributed by atoms with Crippen LogP contribution in [0.15, 0.2) is 29.7 Å². The topological polar surface area (TPSA) is 87.1 Å². The van der Waals surface area contributed by atoms with E-state index < -0.39 is 5.82 Å². The third kappa shape index (κ3) is 2.81. The summed E-state index contributed by atoms with van der Waals surface area (Å²) in [5.41, 5.74) is 6.95. The molecule has 1 aliphatic heterocycles. The quantitative estimate of drug-likeness (QED) is 0.532. The number of hydrogen-bond acceptors (Lipinski definition) is 5. The molecule has 0 bridgehead atoms. The second-order valence-corrected chi connectivity index (χ2v) is 6.94. The van der Waals surface area contributed by atoms with E-state index in [1.807, 2.05) is 22.3 Å². The first kappa shape index (κ1) is 17.4. The van der Waals surface area contributed by atoms with E-state index in [1.165, 1.54) is 0 Å². The van der Waals surface area contributed by atoms with Gasteiger partial charge in [0.1, 0.15) is 12.3 Å². The van der Waals surface area contributed by atoms with Gasteiger partial charge in [-0.2, -0.15) is 0 Å². The summed E-state index contributed by atoms with van der Waals surface area (Å²) in [7, 11) is 0. The number of aryl methyl sites for hydroxylation is 2. The first-order valence-electron chi connectivity index (χ1n) is 8.97. The van der Waals surface area contributed by atoms with Crippen LogP contribution in [0.4, 0.5) is 15.8 Å². The summed E-state index contributed by atoms with van der Waals surface area (Å²) >= 11 is 0. The lowest BCUT2D eigenvalue weighted by Crippen LogP contribution is -2.26. The van der Waals surface area contributed by atoms with Crippen molar-refractivity contribution in [3.8, 4) is 5.75 Å². The molecule has 2 aromatic heterocycles. The summed E-state index contributed by atoms with van der Waals surface area (Å²) in [6.07, 6.45) is 7.90. The van der Waals surface area contributed by atoms with Crippen LogP contribution in [0, 0.1) is 12.7 Å². The predicted octanol–water partition coefficient (Wildman–Crippen LogP) is 2.68. The van der Waals surface area contributed by atoms with Crippen molar-refractivity contribution in [3.63, 3.8) is 0 Å². The molecule has 142 valence electrons. The van der Waals surface area contributed by atoms with Crippen molar-refractivity contribution in [1.29, 1.82) is 0 Å². The van der Waals surface area contributed by atoms with Crippen molar-refractivity contribution in [2.24, 2.45) is 0 Å². The minimum atomic E-state index is -0.635. The second kappa shape index (κ2) is 6.61. The van der Waals surface area contributed by atoms with E-state index in [0.29, 0.717) is 30.0 Å². The number of benzene rings is 1. The lowest BCUT2D eigenvalue weighted by Gasteiger charge is -2.29. The molecule has 7 nitrogen and oxygen atoms in total. The van der Waals surface area contributed by atoms with Crippen molar-refractivity contribution in [1.82, 2.24) is 14.1 Å². The van der Waals surface area contributed by atoms with Gasteiger partial charge < -0.3 is 24.9 Å². The minimum Gasteiger partial charge on any atom is -0.487 e. The highest BCUT2D eigenvalue weighted by Crippen LogP contribution is 2.43. The molecule has 3 aromatic rings. The predicted molar refractivity (Wildman–Crippen MR) is 103 cm³/mol. The molecule has 3 N–H and O–H groups in total. The summed E-state index contributed by atoms with van der Waals surface area (Å²) in [5, 5.41) is 3.30. The summed E-state index contributed by atoms with van der Waals surface area (Å²) < 4.78 is 24.8. The van der Waals surface area contributed by atoms with Crippen LogP contribution < -0.4 is 21.2 Å². The average Bonchev–Trinajstić information content (AvgIpc) is 3.16. The highest BCUT2D eigenvalue weighted by atomic mass is 19.1. The minimum absolute atomic E-state index is 0.0262. The number of ether oxygens (including phenoxy) is 1. The largest absolute Gasteiger partial charge is 0.487 e. The van der Waals surface area contributed by atoms with Gasteiger partial charge in [0.25, 0.3) is 0 Å². The van der Waals surface area contributed by atoms with Gasteiger partial charge in [-0.25, -0.2) is 9.37 Å². The Balaban J connectivity index is 1.74. The molecule has 3 heterocycles. The Bertz CT molecular complexity index is 1060. The molecular weight excluding hydrogens is 349 g/mol. The first-order valence-corrected chi connectivity index (χ1v) is 8.97. The molecule has 0 saturated carbocycles. The summed E-state index contributed by atoms with van der Waals surface area (Å²) in [6.45, 7) is 5.39. The highest BCUT2D eigenvalue weighted by Gasteiger charge is 2.28. The van der Waals surface area contributed by atoms with Crippen molar-refractivity contribution in [2.75, 3.05) is 24.2 Å². The number of anilines is 2. The second-order valence-electron chi connectivity index (χ2n) is 6.94. The van der Waals surface area contributed by atoms with Crippen molar-refractivity contribution < 1.29 is 9.13 Å². The molecule has 4 rings (SSSR count). The van der Waals surface area contributed by atoms with E-state index in [-0.39, 0.29) is 28.2 Å². The Morgan fingerprint density at radius 2 is 2.30 bits per heavy atom. The highest BCUT2D eigenvalue weighted by molar-refractivity contribution is 6.00. The number of nitrogens with two attached hydrogens (primary N) is 1. The fraction of sp³-hybridized carbons (Fsp3) is 0.368. The van der Waals surface area contributed by atoms with Crippen molar-refractivity contribution in [2.45, 2.75) is 32.9 Å². The van der Waals surface area contributed by atoms with Crippen LogP contribution in [0.2, 0.25) is 0 Å². The molecule has 0 saturated heterocycles. The molecule has 0 aliphatic carbocycles. The molecule has 1 aliphatic rings. The summed E-state index contributed by atoms with van der Waals surface area (Å²) in [5.74, 6) is -0.279. The van der Waals surface area contributed by atoms with E-state index in [9.17, 15) is 4.79 Å². The number of aromatic nitrogens is 3. The van der Waals surface area contributed by atoms with Gasteiger partial charge in [-0.1, -0.05) is 0 Å². The lowest BCUT2D eigenvalue weighted by molar-refractivity contribution is 0.247. The fourth-order valence-electron chi connectivity index (χ4n) is 3.53. The Morgan fingerprint density at radius 1 is 1.48 bits per heavy atom. The Morgan fingerprint density at radius 3 is 3.04 bits per heavy atom. The molecule has 0 unspecified atom stereocenters. The standard InChI is InChI=1S/C19H22FN5O2/c1-11-8-25-12(2)9-27-19-16(23-4-3-6-24-7-5-22-10-24)14(20)15(21)13(17(19)25)18(11)26/h5,7-8,10,12,23H,3-4,6,9,21H2,1-2H3/t12-/m0/s1. The van der Waals surface area contributed by atoms with Crippen LogP contribution >= 0.6 is 0 Å². The van der Waals surface area contributed by atoms with Crippen LogP contribution in [0.1, 0.15) is 24.9 Å². The normalized spacial score (nSPS) is 15.7. The molecule has 0 radical (unpaired) electrons. The van der Waals surface area contributed by atoms with E-state index >= 15 is 4.39 Å². The van der Waals surface area contributed by atoms with Gasteiger partial charge in [-0.05, 0) is 20.3 Å². The number of imidazole rings is 1. The zero-order chi connectivity index (χ0) is 19.1. The van der Waals surface area contributed by atoms with Gasteiger partial charge in [0, 0.05) is 37.2 Å². The number of halogens is 1. The fourth-order valence-corrected chi connectivity index (χ4v) is 3.53. The SMILES string of the molecule is Cc1cn2c3c(c(NCCCn4ccnc4)c(F)c(N)c3c1=O)OC[C@@H]2C. The van der Waals surface area contributed by atoms with E-state index in [1.54, 1.807) is 25.6 Å². The summed E-state index contributed by atoms with van der Waals surface area (Å²) in [6, 6.07) is 0.0262.